The van der Waals surface area contributed by atoms with Gasteiger partial charge in [0.2, 0.25) is 0 Å². The molecule has 1 aliphatic rings. The van der Waals surface area contributed by atoms with Gasteiger partial charge in [0.25, 0.3) is 0 Å². The van der Waals surface area contributed by atoms with Crippen molar-refractivity contribution < 1.29 is 0 Å². The van der Waals surface area contributed by atoms with Gasteiger partial charge in [-0.3, -0.25) is 0 Å². The van der Waals surface area contributed by atoms with Crippen molar-refractivity contribution in [1.82, 2.24) is 4.57 Å². The zero-order valence-corrected chi connectivity index (χ0v) is 26.8. The second kappa shape index (κ2) is 9.78. The summed E-state index contributed by atoms with van der Waals surface area (Å²) in [5.41, 5.74) is 14.0. The standard InChI is InChI=1S/C46H27NS/c1-2-9-31(10-3-1)47-42-15-6-4-11-34(42)40-26-29(18-23-43(40)47)28-17-20-33-38-22-21-32(36-13-8-14-37(46(36)38)39(33)25-28)30-19-24-45-41(27-30)35-12-5-7-16-44(35)48-45/h1-27H. The smallest absolute Gasteiger partial charge is 0.0541 e. The molecular formula is C46H27NS. The summed E-state index contributed by atoms with van der Waals surface area (Å²) >= 11 is 1.87. The molecule has 0 fully saturated rings. The van der Waals surface area contributed by atoms with Crippen LogP contribution in [0.25, 0.3) is 103 Å². The predicted molar refractivity (Wildman–Crippen MR) is 206 cm³/mol. The van der Waals surface area contributed by atoms with E-state index in [1.807, 2.05) is 11.3 Å². The van der Waals surface area contributed by atoms with Crippen LogP contribution in [0.2, 0.25) is 0 Å². The Bertz CT molecular complexity index is 2940. The van der Waals surface area contributed by atoms with E-state index < -0.39 is 0 Å². The number of benzene rings is 8. The second-order valence-electron chi connectivity index (χ2n) is 12.9. The van der Waals surface area contributed by atoms with Gasteiger partial charge in [0, 0.05) is 36.6 Å². The molecule has 0 unspecified atom stereocenters. The quantitative estimate of drug-likeness (QED) is 0.184. The Morgan fingerprint density at radius 1 is 0.333 bits per heavy atom. The normalized spacial score (nSPS) is 12.2. The highest BCUT2D eigenvalue weighted by molar-refractivity contribution is 7.25. The van der Waals surface area contributed by atoms with Crippen LogP contribution in [0.3, 0.4) is 0 Å². The minimum Gasteiger partial charge on any atom is -0.309 e. The van der Waals surface area contributed by atoms with Crippen LogP contribution in [0.1, 0.15) is 0 Å². The minimum absolute atomic E-state index is 1.18. The predicted octanol–water partition coefficient (Wildman–Crippen LogP) is 13.3. The molecule has 2 heteroatoms. The van der Waals surface area contributed by atoms with Crippen molar-refractivity contribution in [3.63, 3.8) is 0 Å². The first kappa shape index (κ1) is 26.1. The van der Waals surface area contributed by atoms with Crippen molar-refractivity contribution in [3.8, 4) is 50.2 Å². The van der Waals surface area contributed by atoms with Crippen molar-refractivity contribution in [2.75, 3.05) is 0 Å². The lowest BCUT2D eigenvalue weighted by Gasteiger charge is -2.10. The number of hydrogen-bond acceptors (Lipinski definition) is 1. The highest BCUT2D eigenvalue weighted by atomic mass is 32.1. The summed E-state index contributed by atoms with van der Waals surface area (Å²) in [6.07, 6.45) is 0. The Morgan fingerprint density at radius 2 is 0.979 bits per heavy atom. The largest absolute Gasteiger partial charge is 0.309 e. The van der Waals surface area contributed by atoms with Crippen LogP contribution in [-0.4, -0.2) is 4.57 Å². The van der Waals surface area contributed by atoms with Gasteiger partial charge < -0.3 is 4.57 Å². The fraction of sp³-hybridized carbons (Fsp3) is 0. The Balaban J connectivity index is 1.06. The van der Waals surface area contributed by atoms with Gasteiger partial charge in [-0.25, -0.2) is 0 Å². The average Bonchev–Trinajstić information content (AvgIpc) is 3.80. The van der Waals surface area contributed by atoms with Crippen molar-refractivity contribution in [2.45, 2.75) is 0 Å². The summed E-state index contributed by atoms with van der Waals surface area (Å²) in [7, 11) is 0. The van der Waals surface area contributed by atoms with Gasteiger partial charge in [0.1, 0.15) is 0 Å². The van der Waals surface area contributed by atoms with E-state index >= 15 is 0 Å². The molecule has 10 aromatic rings. The fourth-order valence-corrected chi connectivity index (χ4v) is 9.28. The van der Waals surface area contributed by atoms with Crippen LogP contribution in [0.5, 0.6) is 0 Å². The van der Waals surface area contributed by atoms with Gasteiger partial charge in [0.05, 0.1) is 11.0 Å². The lowest BCUT2D eigenvalue weighted by Crippen LogP contribution is -1.92. The third-order valence-electron chi connectivity index (χ3n) is 10.3. The number of para-hydroxylation sites is 2. The first-order valence-corrected chi connectivity index (χ1v) is 17.3. The van der Waals surface area contributed by atoms with E-state index in [9.17, 15) is 0 Å². The molecule has 2 heterocycles. The molecule has 0 saturated heterocycles. The number of aromatic nitrogens is 1. The van der Waals surface area contributed by atoms with Gasteiger partial charge in [-0.05, 0) is 110 Å². The number of thiophene rings is 1. The second-order valence-corrected chi connectivity index (χ2v) is 14.0. The first-order chi connectivity index (χ1) is 23.8. The molecule has 1 nitrogen and oxygen atoms in total. The highest BCUT2D eigenvalue weighted by Crippen LogP contribution is 2.51. The molecule has 0 spiro atoms. The Labute approximate surface area is 281 Å². The van der Waals surface area contributed by atoms with Crippen molar-refractivity contribution in [1.29, 1.82) is 0 Å². The summed E-state index contributed by atoms with van der Waals surface area (Å²) in [4.78, 5) is 0. The molecule has 0 amide bonds. The van der Waals surface area contributed by atoms with Crippen LogP contribution in [0, 0.1) is 0 Å². The molecule has 0 atom stereocenters. The van der Waals surface area contributed by atoms with Gasteiger partial charge in [0.15, 0.2) is 0 Å². The fourth-order valence-electron chi connectivity index (χ4n) is 8.19. The Hall–Kier alpha value is -5.96. The SMILES string of the molecule is c1ccc(-n2c3ccccc3c3cc(-c4ccc5c(c4)-c4cccc6c(-c7ccc8sc9ccccc9c8c7)ccc-5c46)ccc32)cc1. The topological polar surface area (TPSA) is 4.93 Å². The molecule has 8 aromatic carbocycles. The van der Waals surface area contributed by atoms with E-state index in [0.29, 0.717) is 0 Å². The molecule has 222 valence electrons. The summed E-state index contributed by atoms with van der Waals surface area (Å²) in [6, 6.07) is 60.7. The van der Waals surface area contributed by atoms with E-state index in [2.05, 4.69) is 168 Å². The van der Waals surface area contributed by atoms with E-state index in [1.54, 1.807) is 0 Å². The van der Waals surface area contributed by atoms with E-state index in [0.717, 1.165) is 0 Å². The zero-order valence-electron chi connectivity index (χ0n) is 25.9. The summed E-state index contributed by atoms with van der Waals surface area (Å²) in [5.74, 6) is 0. The molecular weight excluding hydrogens is 599 g/mol. The van der Waals surface area contributed by atoms with Gasteiger partial charge >= 0.3 is 0 Å². The van der Waals surface area contributed by atoms with Crippen molar-refractivity contribution in [3.05, 3.63) is 164 Å². The zero-order chi connectivity index (χ0) is 31.3. The molecule has 0 bridgehead atoms. The molecule has 1 aliphatic carbocycles. The van der Waals surface area contributed by atoms with Crippen LogP contribution in [0.4, 0.5) is 0 Å². The van der Waals surface area contributed by atoms with E-state index in [1.165, 1.54) is 103 Å². The van der Waals surface area contributed by atoms with Crippen LogP contribution in [0.15, 0.2) is 164 Å². The molecule has 2 aromatic heterocycles. The van der Waals surface area contributed by atoms with E-state index in [4.69, 9.17) is 0 Å². The van der Waals surface area contributed by atoms with Crippen LogP contribution < -0.4 is 0 Å². The molecule has 11 rings (SSSR count). The summed E-state index contributed by atoms with van der Waals surface area (Å²) < 4.78 is 5.07. The maximum absolute atomic E-state index is 2.41. The van der Waals surface area contributed by atoms with Crippen LogP contribution in [-0.2, 0) is 0 Å². The van der Waals surface area contributed by atoms with Crippen LogP contribution >= 0.6 is 11.3 Å². The Kier molecular flexibility index (Phi) is 5.32. The minimum atomic E-state index is 1.18. The number of rotatable bonds is 3. The molecule has 0 radical (unpaired) electrons. The average molecular weight is 626 g/mol. The Morgan fingerprint density at radius 3 is 1.92 bits per heavy atom. The van der Waals surface area contributed by atoms with Gasteiger partial charge in [-0.1, -0.05) is 109 Å². The maximum atomic E-state index is 2.41. The summed E-state index contributed by atoms with van der Waals surface area (Å²) in [5, 5.41) is 7.91. The lowest BCUT2D eigenvalue weighted by atomic mass is 9.93. The number of hydrogen-bond donors (Lipinski definition) is 0. The molecule has 0 aliphatic heterocycles. The van der Waals surface area contributed by atoms with Crippen molar-refractivity contribution in [2.24, 2.45) is 0 Å². The van der Waals surface area contributed by atoms with E-state index in [-0.39, 0.29) is 0 Å². The van der Waals surface area contributed by atoms with Crippen molar-refractivity contribution >= 4 is 64.1 Å². The number of nitrogens with zero attached hydrogens (tertiary/aromatic N) is 1. The molecule has 0 N–H and O–H groups in total. The highest BCUT2D eigenvalue weighted by Gasteiger charge is 2.24. The third-order valence-corrected chi connectivity index (χ3v) is 11.5. The molecule has 0 saturated carbocycles. The third kappa shape index (κ3) is 3.61. The number of fused-ring (bicyclic) bond motifs is 9. The first-order valence-electron chi connectivity index (χ1n) is 16.5. The maximum Gasteiger partial charge on any atom is 0.0541 e. The monoisotopic (exact) mass is 625 g/mol. The lowest BCUT2D eigenvalue weighted by molar-refractivity contribution is 1.18. The summed E-state index contributed by atoms with van der Waals surface area (Å²) in [6.45, 7) is 0. The van der Waals surface area contributed by atoms with Gasteiger partial charge in [-0.2, -0.15) is 0 Å². The van der Waals surface area contributed by atoms with Gasteiger partial charge in [-0.15, -0.1) is 11.3 Å². The molecule has 48 heavy (non-hydrogen) atoms.